The molecular formula is C12H24N2O3. The fraction of sp³-hybridized carbons (Fsp3) is 0.833. The SMILES string of the molecule is CCCC(C)NC(=O)CN(CC(=O)O)C(C)C. The van der Waals surface area contributed by atoms with Crippen molar-refractivity contribution in [3.8, 4) is 0 Å². The van der Waals surface area contributed by atoms with Crippen LogP contribution in [0.25, 0.3) is 0 Å². The molecule has 2 N–H and O–H groups in total. The fourth-order valence-corrected chi connectivity index (χ4v) is 1.60. The summed E-state index contributed by atoms with van der Waals surface area (Å²) in [5.74, 6) is -1.02. The number of carboxylic acids is 1. The van der Waals surface area contributed by atoms with Crippen molar-refractivity contribution < 1.29 is 14.7 Å². The summed E-state index contributed by atoms with van der Waals surface area (Å²) < 4.78 is 0. The molecule has 0 spiro atoms. The Morgan fingerprint density at radius 1 is 1.24 bits per heavy atom. The molecule has 1 atom stereocenters. The van der Waals surface area contributed by atoms with Gasteiger partial charge in [-0.05, 0) is 27.2 Å². The molecule has 0 aliphatic heterocycles. The Morgan fingerprint density at radius 3 is 2.24 bits per heavy atom. The summed E-state index contributed by atoms with van der Waals surface area (Å²) in [4.78, 5) is 24.0. The van der Waals surface area contributed by atoms with Crippen molar-refractivity contribution in [2.24, 2.45) is 0 Å². The van der Waals surface area contributed by atoms with E-state index in [4.69, 9.17) is 5.11 Å². The Hall–Kier alpha value is -1.10. The lowest BCUT2D eigenvalue weighted by Gasteiger charge is -2.24. The van der Waals surface area contributed by atoms with E-state index < -0.39 is 5.97 Å². The third kappa shape index (κ3) is 7.74. The Morgan fingerprint density at radius 2 is 1.82 bits per heavy atom. The number of carbonyl (C=O) groups is 2. The first-order valence-electron chi connectivity index (χ1n) is 6.12. The van der Waals surface area contributed by atoms with E-state index in [0.29, 0.717) is 0 Å². The number of hydrogen-bond acceptors (Lipinski definition) is 3. The van der Waals surface area contributed by atoms with Gasteiger partial charge in [-0.1, -0.05) is 13.3 Å². The quantitative estimate of drug-likeness (QED) is 0.670. The summed E-state index contributed by atoms with van der Waals surface area (Å²) in [6.07, 6.45) is 1.96. The van der Waals surface area contributed by atoms with E-state index in [-0.39, 0.29) is 31.1 Å². The van der Waals surface area contributed by atoms with Crippen LogP contribution in [0.15, 0.2) is 0 Å². The van der Waals surface area contributed by atoms with E-state index >= 15 is 0 Å². The topological polar surface area (TPSA) is 69.6 Å². The number of carboxylic acid groups (broad SMARTS) is 1. The number of rotatable bonds is 8. The van der Waals surface area contributed by atoms with Crippen LogP contribution in [0.5, 0.6) is 0 Å². The van der Waals surface area contributed by atoms with Crippen LogP contribution in [0.3, 0.4) is 0 Å². The van der Waals surface area contributed by atoms with Gasteiger partial charge in [0.2, 0.25) is 5.91 Å². The molecule has 0 aromatic rings. The summed E-state index contributed by atoms with van der Waals surface area (Å²) in [6.45, 7) is 7.81. The third-order valence-corrected chi connectivity index (χ3v) is 2.54. The standard InChI is InChI=1S/C12H24N2O3/c1-5-6-10(4)13-11(15)7-14(9(2)3)8-12(16)17/h9-10H,5-8H2,1-4H3,(H,13,15)(H,16,17). The number of aliphatic carboxylic acids is 1. The van der Waals surface area contributed by atoms with Crippen LogP contribution in [0, 0.1) is 0 Å². The molecular weight excluding hydrogens is 220 g/mol. The number of carbonyl (C=O) groups excluding carboxylic acids is 1. The van der Waals surface area contributed by atoms with Gasteiger partial charge in [-0.3, -0.25) is 14.5 Å². The maximum atomic E-state index is 11.7. The van der Waals surface area contributed by atoms with E-state index in [1.807, 2.05) is 20.8 Å². The molecule has 0 saturated heterocycles. The molecule has 5 heteroatoms. The molecule has 0 aliphatic rings. The van der Waals surface area contributed by atoms with Gasteiger partial charge in [0.1, 0.15) is 0 Å². The van der Waals surface area contributed by atoms with Gasteiger partial charge in [0.15, 0.2) is 0 Å². The number of nitrogens with one attached hydrogen (secondary N) is 1. The van der Waals surface area contributed by atoms with Gasteiger partial charge < -0.3 is 10.4 Å². The van der Waals surface area contributed by atoms with Gasteiger partial charge in [-0.2, -0.15) is 0 Å². The highest BCUT2D eigenvalue weighted by atomic mass is 16.4. The van der Waals surface area contributed by atoms with Crippen LogP contribution in [0.2, 0.25) is 0 Å². The zero-order chi connectivity index (χ0) is 13.4. The normalized spacial score (nSPS) is 12.8. The smallest absolute Gasteiger partial charge is 0.317 e. The second-order valence-electron chi connectivity index (χ2n) is 4.65. The first-order chi connectivity index (χ1) is 7.86. The number of nitrogens with zero attached hydrogens (tertiary/aromatic N) is 1. The van der Waals surface area contributed by atoms with Crippen molar-refractivity contribution in [3.05, 3.63) is 0 Å². The largest absolute Gasteiger partial charge is 0.480 e. The second-order valence-corrected chi connectivity index (χ2v) is 4.65. The lowest BCUT2D eigenvalue weighted by atomic mass is 10.2. The van der Waals surface area contributed by atoms with Crippen molar-refractivity contribution in [1.82, 2.24) is 10.2 Å². The molecule has 0 radical (unpaired) electrons. The summed E-state index contributed by atoms with van der Waals surface area (Å²) in [5, 5.41) is 11.6. The van der Waals surface area contributed by atoms with Gasteiger partial charge in [-0.15, -0.1) is 0 Å². The molecule has 0 aromatic heterocycles. The van der Waals surface area contributed by atoms with E-state index in [1.54, 1.807) is 4.90 Å². The highest BCUT2D eigenvalue weighted by Crippen LogP contribution is 1.99. The Balaban J connectivity index is 4.16. The molecule has 1 amide bonds. The van der Waals surface area contributed by atoms with E-state index in [9.17, 15) is 9.59 Å². The van der Waals surface area contributed by atoms with E-state index in [1.165, 1.54) is 0 Å². The Bertz CT molecular complexity index is 254. The molecule has 0 rings (SSSR count). The highest BCUT2D eigenvalue weighted by molar-refractivity contribution is 5.79. The van der Waals surface area contributed by atoms with Crippen molar-refractivity contribution >= 4 is 11.9 Å². The lowest BCUT2D eigenvalue weighted by molar-refractivity contribution is -0.139. The minimum absolute atomic E-state index is 0.0401. The molecule has 0 heterocycles. The summed E-state index contributed by atoms with van der Waals surface area (Å²) in [5.41, 5.74) is 0. The average Bonchev–Trinajstić information content (AvgIpc) is 2.15. The van der Waals surface area contributed by atoms with Gasteiger partial charge in [0, 0.05) is 12.1 Å². The molecule has 0 fully saturated rings. The molecule has 0 saturated carbocycles. The summed E-state index contributed by atoms with van der Waals surface area (Å²) in [6, 6.07) is 0.185. The minimum atomic E-state index is -0.909. The predicted molar refractivity (Wildman–Crippen MR) is 66.9 cm³/mol. The number of amides is 1. The second kappa shape index (κ2) is 8.06. The zero-order valence-corrected chi connectivity index (χ0v) is 11.2. The van der Waals surface area contributed by atoms with E-state index in [0.717, 1.165) is 12.8 Å². The van der Waals surface area contributed by atoms with Crippen molar-refractivity contribution in [1.29, 1.82) is 0 Å². The summed E-state index contributed by atoms with van der Waals surface area (Å²) in [7, 11) is 0. The Labute approximate surface area is 103 Å². The molecule has 100 valence electrons. The fourth-order valence-electron chi connectivity index (χ4n) is 1.60. The maximum absolute atomic E-state index is 11.7. The van der Waals surface area contributed by atoms with Gasteiger partial charge >= 0.3 is 5.97 Å². The Kier molecular flexibility index (Phi) is 7.54. The first kappa shape index (κ1) is 15.9. The minimum Gasteiger partial charge on any atom is -0.480 e. The molecule has 1 unspecified atom stereocenters. The molecule has 17 heavy (non-hydrogen) atoms. The summed E-state index contributed by atoms with van der Waals surface area (Å²) >= 11 is 0. The highest BCUT2D eigenvalue weighted by Gasteiger charge is 2.17. The van der Waals surface area contributed by atoms with Crippen LogP contribution in [0.1, 0.15) is 40.5 Å². The van der Waals surface area contributed by atoms with Gasteiger partial charge in [-0.25, -0.2) is 0 Å². The van der Waals surface area contributed by atoms with Crippen molar-refractivity contribution in [2.45, 2.75) is 52.6 Å². The average molecular weight is 244 g/mol. The third-order valence-electron chi connectivity index (χ3n) is 2.54. The molecule has 5 nitrogen and oxygen atoms in total. The maximum Gasteiger partial charge on any atom is 0.317 e. The zero-order valence-electron chi connectivity index (χ0n) is 11.2. The van der Waals surface area contributed by atoms with Crippen molar-refractivity contribution in [2.75, 3.05) is 13.1 Å². The lowest BCUT2D eigenvalue weighted by Crippen LogP contribution is -2.45. The van der Waals surface area contributed by atoms with E-state index in [2.05, 4.69) is 12.2 Å². The van der Waals surface area contributed by atoms with Crippen LogP contribution >= 0.6 is 0 Å². The van der Waals surface area contributed by atoms with Crippen LogP contribution in [0.4, 0.5) is 0 Å². The molecule has 0 aliphatic carbocycles. The van der Waals surface area contributed by atoms with Crippen molar-refractivity contribution in [3.63, 3.8) is 0 Å². The van der Waals surface area contributed by atoms with Crippen LogP contribution in [-0.4, -0.2) is 47.1 Å². The molecule has 0 bridgehead atoms. The van der Waals surface area contributed by atoms with Gasteiger partial charge in [0.05, 0.1) is 13.1 Å². The monoisotopic (exact) mass is 244 g/mol. The van der Waals surface area contributed by atoms with Crippen LogP contribution < -0.4 is 5.32 Å². The van der Waals surface area contributed by atoms with Crippen LogP contribution in [-0.2, 0) is 9.59 Å². The first-order valence-corrected chi connectivity index (χ1v) is 6.12. The molecule has 0 aromatic carbocycles. The van der Waals surface area contributed by atoms with Gasteiger partial charge in [0.25, 0.3) is 0 Å². The number of hydrogen-bond donors (Lipinski definition) is 2. The predicted octanol–water partition coefficient (Wildman–Crippen LogP) is 1.09.